The van der Waals surface area contributed by atoms with E-state index < -0.39 is 0 Å². The summed E-state index contributed by atoms with van der Waals surface area (Å²) in [6.07, 6.45) is 9.47. The van der Waals surface area contributed by atoms with Gasteiger partial charge in [-0.15, -0.1) is 0 Å². The average molecular weight is 224 g/mol. The average Bonchev–Trinajstić information content (AvgIpc) is 2.77. The number of fused-ring (bicyclic) bond motifs is 1. The minimum Gasteiger partial charge on any atom is -0.346 e. The van der Waals surface area contributed by atoms with Crippen LogP contribution in [0.15, 0.2) is 42.3 Å². The zero-order chi connectivity index (χ0) is 11.8. The highest BCUT2D eigenvalue weighted by molar-refractivity contribution is 5.92. The molecule has 2 aromatic heterocycles. The summed E-state index contributed by atoms with van der Waals surface area (Å²) in [5.74, 6) is 0.584. The Morgan fingerprint density at radius 1 is 1.35 bits per heavy atom. The molecule has 0 fully saturated rings. The Bertz CT molecular complexity index is 617. The van der Waals surface area contributed by atoms with Crippen molar-refractivity contribution in [1.82, 2.24) is 9.97 Å². The van der Waals surface area contributed by atoms with E-state index in [1.54, 1.807) is 0 Å². The highest BCUT2D eigenvalue weighted by Gasteiger charge is 2.17. The molecule has 86 valence electrons. The maximum Gasteiger partial charge on any atom is 0.137 e. The lowest BCUT2D eigenvalue weighted by molar-refractivity contribution is 0.753. The predicted molar refractivity (Wildman–Crippen MR) is 71.6 cm³/mol. The van der Waals surface area contributed by atoms with E-state index >= 15 is 0 Å². The number of pyridine rings is 1. The van der Waals surface area contributed by atoms with Crippen molar-refractivity contribution < 1.29 is 0 Å². The summed E-state index contributed by atoms with van der Waals surface area (Å²) >= 11 is 0. The summed E-state index contributed by atoms with van der Waals surface area (Å²) in [6.45, 7) is 4.49. The fraction of sp³-hybridized carbons (Fsp3) is 0.267. The second-order valence-electron chi connectivity index (χ2n) is 4.73. The van der Waals surface area contributed by atoms with Crippen molar-refractivity contribution in [1.29, 1.82) is 0 Å². The van der Waals surface area contributed by atoms with Gasteiger partial charge in [-0.2, -0.15) is 0 Å². The van der Waals surface area contributed by atoms with Crippen molar-refractivity contribution >= 4 is 16.6 Å². The van der Waals surface area contributed by atoms with Gasteiger partial charge in [-0.25, -0.2) is 4.98 Å². The van der Waals surface area contributed by atoms with Gasteiger partial charge in [0.05, 0.1) is 0 Å². The van der Waals surface area contributed by atoms with E-state index in [9.17, 15) is 0 Å². The van der Waals surface area contributed by atoms with Gasteiger partial charge >= 0.3 is 0 Å². The van der Waals surface area contributed by atoms with Gasteiger partial charge < -0.3 is 4.98 Å². The molecule has 1 atom stereocenters. The van der Waals surface area contributed by atoms with Crippen LogP contribution in [0.5, 0.6) is 0 Å². The van der Waals surface area contributed by atoms with Gasteiger partial charge in [0, 0.05) is 17.8 Å². The maximum absolute atomic E-state index is 4.35. The number of allylic oxidation sites excluding steroid dienone is 4. The van der Waals surface area contributed by atoms with Gasteiger partial charge in [-0.1, -0.05) is 19.1 Å². The number of aromatic nitrogens is 2. The third-order valence-electron chi connectivity index (χ3n) is 3.53. The largest absolute Gasteiger partial charge is 0.346 e. The number of nitrogens with zero attached hydrogens (tertiary/aromatic N) is 1. The molecule has 0 aliphatic heterocycles. The van der Waals surface area contributed by atoms with Crippen LogP contribution in [0.3, 0.4) is 0 Å². The first kappa shape index (κ1) is 10.3. The first-order valence-corrected chi connectivity index (χ1v) is 6.07. The highest BCUT2D eigenvalue weighted by Crippen LogP contribution is 2.36. The number of hydrogen-bond acceptors (Lipinski definition) is 1. The lowest BCUT2D eigenvalue weighted by Gasteiger charge is -2.21. The summed E-state index contributed by atoms with van der Waals surface area (Å²) in [5, 5.41) is 1.23. The van der Waals surface area contributed by atoms with Crippen LogP contribution in [0.2, 0.25) is 0 Å². The molecule has 0 saturated carbocycles. The molecule has 1 aliphatic carbocycles. The summed E-state index contributed by atoms with van der Waals surface area (Å²) in [6, 6.07) is 4.24. The standard InChI is InChI=1S/C15H16N2/c1-10-4-3-5-11(2)14(10)12-6-8-16-15-13(12)7-9-17-15/h3-4,6-9,11H,5H2,1-2H3,(H,16,17). The van der Waals surface area contributed by atoms with E-state index in [0.717, 1.165) is 12.1 Å². The van der Waals surface area contributed by atoms with E-state index in [1.807, 2.05) is 12.4 Å². The highest BCUT2D eigenvalue weighted by atomic mass is 14.8. The smallest absolute Gasteiger partial charge is 0.137 e. The van der Waals surface area contributed by atoms with Gasteiger partial charge in [0.1, 0.15) is 5.65 Å². The van der Waals surface area contributed by atoms with Gasteiger partial charge in [0.15, 0.2) is 0 Å². The fourth-order valence-corrected chi connectivity index (χ4v) is 2.72. The van der Waals surface area contributed by atoms with Crippen molar-refractivity contribution in [3.8, 4) is 0 Å². The number of rotatable bonds is 1. The van der Waals surface area contributed by atoms with Crippen LogP contribution in [0.4, 0.5) is 0 Å². The molecular weight excluding hydrogens is 208 g/mol. The molecular formula is C15H16N2. The molecule has 2 heterocycles. The van der Waals surface area contributed by atoms with Crippen LogP contribution >= 0.6 is 0 Å². The normalized spacial score (nSPS) is 20.2. The van der Waals surface area contributed by atoms with E-state index in [0.29, 0.717) is 5.92 Å². The van der Waals surface area contributed by atoms with Gasteiger partial charge in [0.25, 0.3) is 0 Å². The molecule has 2 nitrogen and oxygen atoms in total. The Morgan fingerprint density at radius 2 is 2.24 bits per heavy atom. The van der Waals surface area contributed by atoms with Crippen LogP contribution in [-0.2, 0) is 0 Å². The van der Waals surface area contributed by atoms with E-state index in [2.05, 4.69) is 48.1 Å². The summed E-state index contributed by atoms with van der Waals surface area (Å²) in [4.78, 5) is 7.53. The van der Waals surface area contributed by atoms with Crippen LogP contribution in [0.25, 0.3) is 16.6 Å². The molecule has 0 radical (unpaired) electrons. The Labute approximate surface area is 101 Å². The molecule has 17 heavy (non-hydrogen) atoms. The quantitative estimate of drug-likeness (QED) is 0.781. The molecule has 2 heteroatoms. The van der Waals surface area contributed by atoms with Gasteiger partial charge in [0.2, 0.25) is 0 Å². The zero-order valence-electron chi connectivity index (χ0n) is 10.2. The van der Waals surface area contributed by atoms with Crippen LogP contribution in [-0.4, -0.2) is 9.97 Å². The molecule has 0 bridgehead atoms. The van der Waals surface area contributed by atoms with Gasteiger partial charge in [-0.3, -0.25) is 0 Å². The summed E-state index contributed by atoms with van der Waals surface area (Å²) in [7, 11) is 0. The Kier molecular flexibility index (Phi) is 2.36. The fourth-order valence-electron chi connectivity index (χ4n) is 2.72. The molecule has 1 N–H and O–H groups in total. The first-order valence-electron chi connectivity index (χ1n) is 6.07. The zero-order valence-corrected chi connectivity index (χ0v) is 10.2. The molecule has 0 amide bonds. The van der Waals surface area contributed by atoms with Crippen molar-refractivity contribution in [2.45, 2.75) is 20.3 Å². The van der Waals surface area contributed by atoms with E-state index in [4.69, 9.17) is 0 Å². The van der Waals surface area contributed by atoms with Crippen LogP contribution < -0.4 is 0 Å². The molecule has 1 aliphatic rings. The SMILES string of the molecule is CC1=C(c2ccnc3[nH]ccc23)C(C)CC=C1. The van der Waals surface area contributed by atoms with Crippen LogP contribution in [0, 0.1) is 5.92 Å². The lowest BCUT2D eigenvalue weighted by atomic mass is 9.84. The molecule has 0 spiro atoms. The van der Waals surface area contributed by atoms with Gasteiger partial charge in [-0.05, 0) is 48.1 Å². The van der Waals surface area contributed by atoms with Crippen molar-refractivity contribution in [2.75, 3.05) is 0 Å². The molecule has 0 saturated heterocycles. The van der Waals surface area contributed by atoms with E-state index in [-0.39, 0.29) is 0 Å². The maximum atomic E-state index is 4.35. The minimum absolute atomic E-state index is 0.584. The van der Waals surface area contributed by atoms with Crippen molar-refractivity contribution in [3.63, 3.8) is 0 Å². The summed E-state index contributed by atoms with van der Waals surface area (Å²) < 4.78 is 0. The second kappa shape index (κ2) is 3.88. The Hall–Kier alpha value is -1.83. The minimum atomic E-state index is 0.584. The predicted octanol–water partition coefficient (Wildman–Crippen LogP) is 3.93. The monoisotopic (exact) mass is 224 g/mol. The van der Waals surface area contributed by atoms with Crippen molar-refractivity contribution in [3.05, 3.63) is 47.8 Å². The topological polar surface area (TPSA) is 28.7 Å². The Balaban J connectivity index is 2.27. The lowest BCUT2D eigenvalue weighted by Crippen LogP contribution is -2.04. The third-order valence-corrected chi connectivity index (χ3v) is 3.53. The molecule has 3 rings (SSSR count). The molecule has 1 unspecified atom stereocenters. The first-order chi connectivity index (χ1) is 8.27. The molecule has 0 aromatic carbocycles. The van der Waals surface area contributed by atoms with E-state index in [1.165, 1.54) is 22.1 Å². The number of aromatic amines is 1. The Morgan fingerprint density at radius 3 is 3.06 bits per heavy atom. The second-order valence-corrected chi connectivity index (χ2v) is 4.73. The summed E-state index contributed by atoms with van der Waals surface area (Å²) in [5.41, 5.74) is 5.13. The number of hydrogen-bond donors (Lipinski definition) is 1. The number of nitrogens with one attached hydrogen (secondary N) is 1. The van der Waals surface area contributed by atoms with Crippen molar-refractivity contribution in [2.24, 2.45) is 5.92 Å². The third kappa shape index (κ3) is 1.60. The number of H-pyrrole nitrogens is 1. The molecule has 2 aromatic rings. The van der Waals surface area contributed by atoms with Crippen LogP contribution in [0.1, 0.15) is 25.8 Å².